The lowest BCUT2D eigenvalue weighted by molar-refractivity contribution is -0.384. The molecule has 2 N–H and O–H groups in total. The van der Waals surface area contributed by atoms with E-state index in [1.54, 1.807) is 35.2 Å². The monoisotopic (exact) mass is 419 g/mol. The summed E-state index contributed by atoms with van der Waals surface area (Å²) in [5.41, 5.74) is 5.43. The highest BCUT2D eigenvalue weighted by Crippen LogP contribution is 2.27. The molecule has 0 aliphatic heterocycles. The van der Waals surface area contributed by atoms with Gasteiger partial charge in [-0.2, -0.15) is 10.2 Å². The van der Waals surface area contributed by atoms with E-state index in [4.69, 9.17) is 4.74 Å². The Balaban J connectivity index is 1.65. The number of nitro groups is 1. The first-order valence-electron chi connectivity index (χ1n) is 9.09. The van der Waals surface area contributed by atoms with Crippen LogP contribution in [0.5, 0.6) is 11.5 Å². The quantitative estimate of drug-likeness (QED) is 0.276. The molecule has 0 atom stereocenters. The van der Waals surface area contributed by atoms with E-state index in [0.29, 0.717) is 39.5 Å². The number of anilines is 1. The molecule has 0 amide bonds. The number of methoxy groups -OCH3 is 1. The first kappa shape index (κ1) is 19.8. The van der Waals surface area contributed by atoms with Crippen molar-refractivity contribution in [3.05, 3.63) is 70.2 Å². The number of nitrogens with one attached hydrogen (secondary N) is 1. The fourth-order valence-corrected chi connectivity index (χ4v) is 3.04. The number of hydrogen-bond acceptors (Lipinski definition) is 9. The molecule has 156 valence electrons. The SMILES string of the molecule is COc1cc(/C=N/Nc2ncnc3c2c(C)nn3-c2ccc([N+](=O)[O-])cc2)ccc1O. The summed E-state index contributed by atoms with van der Waals surface area (Å²) >= 11 is 0. The van der Waals surface area contributed by atoms with Crippen LogP contribution in [0.3, 0.4) is 0 Å². The molecule has 31 heavy (non-hydrogen) atoms. The van der Waals surface area contributed by atoms with Crippen molar-refractivity contribution < 1.29 is 14.8 Å². The zero-order valence-corrected chi connectivity index (χ0v) is 16.6. The number of fused-ring (bicyclic) bond motifs is 1. The molecule has 0 unspecified atom stereocenters. The predicted molar refractivity (Wildman–Crippen MR) is 114 cm³/mol. The van der Waals surface area contributed by atoms with Gasteiger partial charge in [0, 0.05) is 12.1 Å². The maximum Gasteiger partial charge on any atom is 0.269 e. The number of phenolic OH excluding ortho intramolecular Hbond substituents is 1. The summed E-state index contributed by atoms with van der Waals surface area (Å²) in [5, 5.41) is 29.9. The van der Waals surface area contributed by atoms with Gasteiger partial charge in [0.1, 0.15) is 6.33 Å². The molecule has 0 fully saturated rings. The smallest absolute Gasteiger partial charge is 0.269 e. The summed E-state index contributed by atoms with van der Waals surface area (Å²) in [4.78, 5) is 19.0. The summed E-state index contributed by atoms with van der Waals surface area (Å²) in [6.07, 6.45) is 2.94. The second-order valence-corrected chi connectivity index (χ2v) is 6.49. The van der Waals surface area contributed by atoms with Crippen molar-refractivity contribution in [1.29, 1.82) is 0 Å². The minimum Gasteiger partial charge on any atom is -0.504 e. The number of nitro benzene ring substituents is 1. The Morgan fingerprint density at radius 3 is 2.71 bits per heavy atom. The number of aromatic hydroxyl groups is 1. The van der Waals surface area contributed by atoms with Gasteiger partial charge in [-0.3, -0.25) is 15.5 Å². The van der Waals surface area contributed by atoms with Gasteiger partial charge in [-0.25, -0.2) is 14.6 Å². The number of hydrazone groups is 1. The first-order valence-corrected chi connectivity index (χ1v) is 9.09. The van der Waals surface area contributed by atoms with Crippen LogP contribution in [0.4, 0.5) is 11.5 Å². The number of non-ortho nitro benzene ring substituents is 1. The van der Waals surface area contributed by atoms with Crippen LogP contribution in [-0.4, -0.2) is 43.1 Å². The maximum atomic E-state index is 10.9. The first-order chi connectivity index (χ1) is 15.0. The van der Waals surface area contributed by atoms with Crippen LogP contribution >= 0.6 is 0 Å². The maximum absolute atomic E-state index is 10.9. The topological polar surface area (TPSA) is 141 Å². The lowest BCUT2D eigenvalue weighted by Crippen LogP contribution is -2.00. The van der Waals surface area contributed by atoms with Crippen LogP contribution in [0.1, 0.15) is 11.3 Å². The average Bonchev–Trinajstić information content (AvgIpc) is 3.12. The van der Waals surface area contributed by atoms with E-state index < -0.39 is 4.92 Å². The fraction of sp³-hybridized carbons (Fsp3) is 0.100. The molecule has 2 aromatic heterocycles. The number of phenols is 1. The molecule has 2 aromatic carbocycles. The van der Waals surface area contributed by atoms with Crippen LogP contribution in [0.25, 0.3) is 16.7 Å². The molecule has 0 saturated carbocycles. The van der Waals surface area contributed by atoms with Gasteiger partial charge in [0.25, 0.3) is 5.69 Å². The molecule has 0 radical (unpaired) electrons. The summed E-state index contributed by atoms with van der Waals surface area (Å²) in [5.74, 6) is 0.839. The highest BCUT2D eigenvalue weighted by Gasteiger charge is 2.16. The van der Waals surface area contributed by atoms with Gasteiger partial charge in [-0.05, 0) is 42.8 Å². The van der Waals surface area contributed by atoms with Crippen LogP contribution in [0, 0.1) is 17.0 Å². The third kappa shape index (κ3) is 3.83. The number of aryl methyl sites for hydroxylation is 1. The molecule has 0 bridgehead atoms. The zero-order valence-electron chi connectivity index (χ0n) is 16.6. The van der Waals surface area contributed by atoms with Crippen LogP contribution < -0.4 is 10.2 Å². The van der Waals surface area contributed by atoms with Crippen LogP contribution in [-0.2, 0) is 0 Å². The van der Waals surface area contributed by atoms with Gasteiger partial charge < -0.3 is 9.84 Å². The van der Waals surface area contributed by atoms with E-state index >= 15 is 0 Å². The molecule has 2 heterocycles. The lowest BCUT2D eigenvalue weighted by atomic mass is 10.2. The highest BCUT2D eigenvalue weighted by molar-refractivity contribution is 5.90. The van der Waals surface area contributed by atoms with Crippen molar-refractivity contribution in [1.82, 2.24) is 19.7 Å². The molecule has 0 aliphatic rings. The van der Waals surface area contributed by atoms with Gasteiger partial charge in [0.05, 0.1) is 35.0 Å². The number of benzene rings is 2. The zero-order chi connectivity index (χ0) is 22.0. The average molecular weight is 419 g/mol. The summed E-state index contributed by atoms with van der Waals surface area (Å²) in [6, 6.07) is 10.9. The van der Waals surface area contributed by atoms with E-state index in [-0.39, 0.29) is 11.4 Å². The van der Waals surface area contributed by atoms with Gasteiger partial charge in [-0.1, -0.05) is 0 Å². The van der Waals surface area contributed by atoms with Gasteiger partial charge in [-0.15, -0.1) is 0 Å². The second kappa shape index (κ2) is 8.06. The number of ether oxygens (including phenoxy) is 1. The van der Waals surface area contributed by atoms with Crippen molar-refractivity contribution in [3.8, 4) is 17.2 Å². The Morgan fingerprint density at radius 2 is 2.00 bits per heavy atom. The highest BCUT2D eigenvalue weighted by atomic mass is 16.6. The standard InChI is InChI=1S/C20H17N7O4/c1-12-18-19(24-23-10-13-3-8-16(28)17(9-13)31-2)21-11-22-20(18)26(25-12)14-4-6-15(7-5-14)27(29)30/h3-11,28H,1-2H3,(H,21,22,24)/b23-10+. The van der Waals surface area contributed by atoms with Crippen molar-refractivity contribution in [2.75, 3.05) is 12.5 Å². The molecule has 0 aliphatic carbocycles. The van der Waals surface area contributed by atoms with Crippen LogP contribution in [0.15, 0.2) is 53.9 Å². The van der Waals surface area contributed by atoms with Crippen LogP contribution in [0.2, 0.25) is 0 Å². The van der Waals surface area contributed by atoms with E-state index in [0.717, 1.165) is 0 Å². The summed E-state index contributed by atoms with van der Waals surface area (Å²) in [7, 11) is 1.47. The summed E-state index contributed by atoms with van der Waals surface area (Å²) < 4.78 is 6.68. The fourth-order valence-electron chi connectivity index (χ4n) is 3.04. The number of nitrogens with zero attached hydrogens (tertiary/aromatic N) is 6. The van der Waals surface area contributed by atoms with E-state index in [1.165, 1.54) is 31.6 Å². The van der Waals surface area contributed by atoms with E-state index in [1.807, 2.05) is 6.92 Å². The Bertz CT molecular complexity index is 1300. The summed E-state index contributed by atoms with van der Waals surface area (Å²) in [6.45, 7) is 1.81. The van der Waals surface area contributed by atoms with Crippen molar-refractivity contribution in [2.45, 2.75) is 6.92 Å². The Labute approximate surface area is 175 Å². The molecule has 0 saturated heterocycles. The van der Waals surface area contributed by atoms with Gasteiger partial charge in [0.2, 0.25) is 0 Å². The minimum atomic E-state index is -0.456. The third-order valence-corrected chi connectivity index (χ3v) is 4.53. The molecule has 0 spiro atoms. The number of aromatic nitrogens is 4. The molecule has 4 aromatic rings. The molecular weight excluding hydrogens is 402 g/mol. The lowest BCUT2D eigenvalue weighted by Gasteiger charge is -2.05. The Morgan fingerprint density at radius 1 is 1.23 bits per heavy atom. The van der Waals surface area contributed by atoms with E-state index in [9.17, 15) is 15.2 Å². The Kier molecular flexibility index (Phi) is 5.14. The van der Waals surface area contributed by atoms with Crippen molar-refractivity contribution >= 4 is 28.8 Å². The van der Waals surface area contributed by atoms with Gasteiger partial charge >= 0.3 is 0 Å². The van der Waals surface area contributed by atoms with Gasteiger partial charge in [0.15, 0.2) is 23.0 Å². The molecule has 11 nitrogen and oxygen atoms in total. The predicted octanol–water partition coefficient (Wildman–Crippen LogP) is 3.19. The largest absolute Gasteiger partial charge is 0.504 e. The number of hydrogen-bond donors (Lipinski definition) is 2. The van der Waals surface area contributed by atoms with Crippen molar-refractivity contribution in [3.63, 3.8) is 0 Å². The molecular formula is C20H17N7O4. The Hall–Kier alpha value is -4.54. The van der Waals surface area contributed by atoms with E-state index in [2.05, 4.69) is 25.6 Å². The normalized spacial score (nSPS) is 11.2. The van der Waals surface area contributed by atoms with Crippen molar-refractivity contribution in [2.24, 2.45) is 5.10 Å². The molecule has 11 heteroatoms. The molecule has 4 rings (SSSR count). The number of rotatable bonds is 6. The third-order valence-electron chi connectivity index (χ3n) is 4.53. The second-order valence-electron chi connectivity index (χ2n) is 6.49. The minimum absolute atomic E-state index is 0.00545.